The molecule has 0 fully saturated rings. The zero-order chi connectivity index (χ0) is 37.5. The minimum atomic E-state index is -0.274. The van der Waals surface area contributed by atoms with Gasteiger partial charge in [0.15, 0.2) is 0 Å². The van der Waals surface area contributed by atoms with Crippen molar-refractivity contribution in [1.29, 1.82) is 0 Å². The fourth-order valence-corrected chi connectivity index (χ4v) is 8.87. The van der Waals surface area contributed by atoms with E-state index < -0.39 is 0 Å². The monoisotopic (exact) mass is 696 g/mol. The molecule has 0 aromatic heterocycles. The number of hydrogen-bond acceptors (Lipinski definition) is 2. The molecule has 2 heteroatoms. The van der Waals surface area contributed by atoms with Crippen LogP contribution >= 0.6 is 0 Å². The van der Waals surface area contributed by atoms with E-state index in [1.54, 1.807) is 0 Å². The van der Waals surface area contributed by atoms with E-state index in [4.69, 9.17) is 0 Å². The smallest absolute Gasteiger partial charge is 0.0671 e. The van der Waals surface area contributed by atoms with Crippen molar-refractivity contribution in [2.75, 3.05) is 9.80 Å². The predicted molar refractivity (Wildman–Crippen MR) is 228 cm³/mol. The van der Waals surface area contributed by atoms with Crippen molar-refractivity contribution in [3.05, 3.63) is 178 Å². The number of fused-ring (bicyclic) bond motifs is 3. The van der Waals surface area contributed by atoms with Crippen LogP contribution in [0.1, 0.15) is 104 Å². The SMILES string of the molecule is CCC1(CC)c2cc(C(C)N(c3ccc(C)cc3)c3ccc(C)cc3)ccc2-c2ccc(C(C)(CC)N(c3ccc(C)cc3)c3ccc(C)cc3)cc21. The Bertz CT molecular complexity index is 2100. The average molecular weight is 697 g/mol. The summed E-state index contributed by atoms with van der Waals surface area (Å²) >= 11 is 0. The highest BCUT2D eigenvalue weighted by molar-refractivity contribution is 5.82. The number of anilines is 4. The third-order valence-electron chi connectivity index (χ3n) is 12.5. The van der Waals surface area contributed by atoms with Crippen molar-refractivity contribution >= 4 is 22.7 Å². The summed E-state index contributed by atoms with van der Waals surface area (Å²) in [6.45, 7) is 20.6. The lowest BCUT2D eigenvalue weighted by molar-refractivity contribution is 0.457. The predicted octanol–water partition coefficient (Wildman–Crippen LogP) is 14.4. The molecule has 6 aromatic rings. The third kappa shape index (κ3) is 6.37. The molecule has 0 N–H and O–H groups in total. The summed E-state index contributed by atoms with van der Waals surface area (Å²) in [6.07, 6.45) is 3.06. The van der Waals surface area contributed by atoms with Gasteiger partial charge in [0.1, 0.15) is 0 Å². The first-order valence-electron chi connectivity index (χ1n) is 19.7. The van der Waals surface area contributed by atoms with Crippen molar-refractivity contribution < 1.29 is 0 Å². The molecular weight excluding hydrogens is 641 g/mol. The number of aryl methyl sites for hydroxylation is 4. The van der Waals surface area contributed by atoms with Gasteiger partial charge >= 0.3 is 0 Å². The Morgan fingerprint density at radius 2 is 0.906 bits per heavy atom. The van der Waals surface area contributed by atoms with Gasteiger partial charge < -0.3 is 9.80 Å². The Kier molecular flexibility index (Phi) is 9.85. The second-order valence-corrected chi connectivity index (χ2v) is 15.7. The standard InChI is InChI=1S/C51H56N2/c1-10-50(9,53(44-27-17-37(6)18-28-44)45-29-19-38(7)20-30-45)41-22-32-47-46-31-21-40(33-48(46)51(11-2,12-3)49(47)34-41)39(8)52(42-23-13-35(4)14-24-42)43-25-15-36(5)16-26-43/h13-34,39H,10-12H2,1-9H3. The molecule has 1 aliphatic carbocycles. The van der Waals surface area contributed by atoms with E-state index in [1.807, 2.05) is 0 Å². The molecule has 6 aromatic carbocycles. The van der Waals surface area contributed by atoms with Crippen molar-refractivity contribution in [1.82, 2.24) is 0 Å². The van der Waals surface area contributed by atoms with Crippen LogP contribution < -0.4 is 9.80 Å². The van der Waals surface area contributed by atoms with E-state index in [1.165, 1.54) is 78.4 Å². The summed E-state index contributed by atoms with van der Waals surface area (Å²) in [6, 6.07) is 51.0. The van der Waals surface area contributed by atoms with Crippen LogP contribution in [0.2, 0.25) is 0 Å². The quantitative estimate of drug-likeness (QED) is 0.133. The molecule has 2 nitrogen and oxygen atoms in total. The molecule has 0 bridgehead atoms. The molecular formula is C51H56N2. The first-order chi connectivity index (χ1) is 25.5. The first kappa shape index (κ1) is 36.3. The zero-order valence-electron chi connectivity index (χ0n) is 33.3. The first-order valence-corrected chi connectivity index (χ1v) is 19.7. The van der Waals surface area contributed by atoms with E-state index in [9.17, 15) is 0 Å². The van der Waals surface area contributed by atoms with Gasteiger partial charge in [-0.15, -0.1) is 0 Å². The number of hydrogen-bond donors (Lipinski definition) is 0. The van der Waals surface area contributed by atoms with E-state index in [0.29, 0.717) is 0 Å². The van der Waals surface area contributed by atoms with Crippen LogP contribution in [0.4, 0.5) is 22.7 Å². The Morgan fingerprint density at radius 3 is 1.32 bits per heavy atom. The third-order valence-corrected chi connectivity index (χ3v) is 12.5. The molecule has 0 aliphatic heterocycles. The van der Waals surface area contributed by atoms with Crippen molar-refractivity contribution in [2.45, 2.75) is 98.6 Å². The largest absolute Gasteiger partial charge is 0.334 e. The molecule has 2 unspecified atom stereocenters. The van der Waals surface area contributed by atoms with Gasteiger partial charge in [-0.05, 0) is 143 Å². The molecule has 0 saturated carbocycles. The lowest BCUT2D eigenvalue weighted by atomic mass is 9.72. The second-order valence-electron chi connectivity index (χ2n) is 15.7. The van der Waals surface area contributed by atoms with Gasteiger partial charge in [0, 0.05) is 28.2 Å². The van der Waals surface area contributed by atoms with Crippen LogP contribution in [0.5, 0.6) is 0 Å². The Labute approximate surface area is 319 Å². The van der Waals surface area contributed by atoms with Crippen LogP contribution in [0, 0.1) is 27.7 Å². The Balaban J connectivity index is 1.34. The fraction of sp³-hybridized carbons (Fsp3) is 0.294. The molecule has 0 amide bonds. The fourth-order valence-electron chi connectivity index (χ4n) is 8.87. The van der Waals surface area contributed by atoms with Gasteiger partial charge in [-0.2, -0.15) is 0 Å². The molecule has 53 heavy (non-hydrogen) atoms. The van der Waals surface area contributed by atoms with Crippen molar-refractivity contribution in [3.63, 3.8) is 0 Å². The van der Waals surface area contributed by atoms with Crippen LogP contribution in [0.3, 0.4) is 0 Å². The topological polar surface area (TPSA) is 6.48 Å². The molecule has 0 heterocycles. The number of benzene rings is 6. The van der Waals surface area contributed by atoms with Crippen molar-refractivity contribution in [2.24, 2.45) is 0 Å². The van der Waals surface area contributed by atoms with Crippen LogP contribution in [0.25, 0.3) is 11.1 Å². The maximum atomic E-state index is 2.58. The van der Waals surface area contributed by atoms with E-state index in [0.717, 1.165) is 19.3 Å². The molecule has 0 spiro atoms. The minimum Gasteiger partial charge on any atom is -0.334 e. The van der Waals surface area contributed by atoms with Crippen LogP contribution in [-0.4, -0.2) is 0 Å². The van der Waals surface area contributed by atoms with Gasteiger partial charge in [-0.1, -0.05) is 128 Å². The number of nitrogens with zero attached hydrogens (tertiary/aromatic N) is 2. The lowest BCUT2D eigenvalue weighted by Crippen LogP contribution is -2.40. The molecule has 1 aliphatic rings. The summed E-state index contributed by atoms with van der Waals surface area (Å²) in [5, 5.41) is 0. The van der Waals surface area contributed by atoms with E-state index >= 15 is 0 Å². The van der Waals surface area contributed by atoms with Crippen LogP contribution in [-0.2, 0) is 11.0 Å². The average Bonchev–Trinajstić information content (AvgIpc) is 3.46. The van der Waals surface area contributed by atoms with Gasteiger partial charge in [0.05, 0.1) is 11.6 Å². The minimum absolute atomic E-state index is 0.0673. The Morgan fingerprint density at radius 1 is 0.509 bits per heavy atom. The van der Waals surface area contributed by atoms with Gasteiger partial charge in [-0.25, -0.2) is 0 Å². The lowest BCUT2D eigenvalue weighted by Gasteiger charge is -2.44. The molecule has 270 valence electrons. The molecule has 2 atom stereocenters. The summed E-state index contributed by atoms with van der Waals surface area (Å²) in [7, 11) is 0. The highest BCUT2D eigenvalue weighted by Crippen LogP contribution is 2.55. The van der Waals surface area contributed by atoms with Gasteiger partial charge in [-0.3, -0.25) is 0 Å². The Hall–Kier alpha value is -5.08. The van der Waals surface area contributed by atoms with Crippen LogP contribution in [0.15, 0.2) is 133 Å². The van der Waals surface area contributed by atoms with E-state index in [-0.39, 0.29) is 17.0 Å². The zero-order valence-corrected chi connectivity index (χ0v) is 33.3. The summed E-state index contributed by atoms with van der Waals surface area (Å²) in [5.74, 6) is 0. The summed E-state index contributed by atoms with van der Waals surface area (Å²) in [5.41, 5.74) is 18.0. The maximum Gasteiger partial charge on any atom is 0.0671 e. The van der Waals surface area contributed by atoms with E-state index in [2.05, 4.69) is 206 Å². The molecule has 0 radical (unpaired) electrons. The highest BCUT2D eigenvalue weighted by Gasteiger charge is 2.43. The number of rotatable bonds is 11. The second kappa shape index (κ2) is 14.4. The maximum absolute atomic E-state index is 2.58. The normalized spacial score (nSPS) is 14.6. The summed E-state index contributed by atoms with van der Waals surface area (Å²) < 4.78 is 0. The van der Waals surface area contributed by atoms with Crippen molar-refractivity contribution in [3.8, 4) is 11.1 Å². The summed E-state index contributed by atoms with van der Waals surface area (Å²) in [4.78, 5) is 5.07. The molecule has 0 saturated heterocycles. The highest BCUT2D eigenvalue weighted by atomic mass is 15.2. The van der Waals surface area contributed by atoms with Gasteiger partial charge in [0.2, 0.25) is 0 Å². The van der Waals surface area contributed by atoms with Gasteiger partial charge in [0.25, 0.3) is 0 Å². The molecule has 7 rings (SSSR count).